The van der Waals surface area contributed by atoms with Crippen molar-refractivity contribution in [3.8, 4) is 0 Å². The van der Waals surface area contributed by atoms with E-state index in [-0.39, 0.29) is 0 Å². The van der Waals surface area contributed by atoms with Gasteiger partial charge in [0.05, 0.1) is 6.61 Å². The van der Waals surface area contributed by atoms with Crippen molar-refractivity contribution in [2.45, 2.75) is 26.2 Å². The molecule has 0 spiro atoms. The maximum atomic E-state index is 5.04. The van der Waals surface area contributed by atoms with E-state index >= 15 is 0 Å². The summed E-state index contributed by atoms with van der Waals surface area (Å²) < 4.78 is 5.04. The molecule has 0 radical (unpaired) electrons. The Bertz CT molecular complexity index is 81.0. The van der Waals surface area contributed by atoms with Gasteiger partial charge < -0.3 is 4.43 Å². The molecule has 0 rings (SSSR count). The van der Waals surface area contributed by atoms with Gasteiger partial charge in [0.2, 0.25) is 0 Å². The van der Waals surface area contributed by atoms with Gasteiger partial charge in [-0.1, -0.05) is 25.5 Å². The molecule has 0 aliphatic heterocycles. The number of rotatable bonds is 5. The second kappa shape index (κ2) is 6.04. The smallest absolute Gasteiger partial charge is 0.146 e. The van der Waals surface area contributed by atoms with Crippen molar-refractivity contribution >= 4 is 10.5 Å². The highest BCUT2D eigenvalue weighted by atomic mass is 28.2. The molecule has 0 aromatic heterocycles. The maximum Gasteiger partial charge on any atom is 0.146 e. The molecular formula is C7H16OSi. The maximum absolute atomic E-state index is 5.04. The van der Waals surface area contributed by atoms with Crippen LogP contribution in [0.5, 0.6) is 0 Å². The van der Waals surface area contributed by atoms with Crippen molar-refractivity contribution in [1.29, 1.82) is 0 Å². The van der Waals surface area contributed by atoms with Gasteiger partial charge in [-0.2, -0.15) is 0 Å². The van der Waals surface area contributed by atoms with Crippen molar-refractivity contribution in [3.63, 3.8) is 0 Å². The highest BCUT2D eigenvalue weighted by Gasteiger charge is 1.89. The third-order valence-electron chi connectivity index (χ3n) is 1.23. The molecule has 0 N–H and O–H groups in total. The summed E-state index contributed by atoms with van der Waals surface area (Å²) in [7, 11) is 0.835. The molecule has 0 aromatic carbocycles. The van der Waals surface area contributed by atoms with E-state index < -0.39 is 0 Å². The van der Waals surface area contributed by atoms with Crippen molar-refractivity contribution in [2.75, 3.05) is 6.61 Å². The molecule has 0 unspecified atom stereocenters. The predicted octanol–water partition coefficient (Wildman–Crippen LogP) is 1.03. The summed E-state index contributed by atoms with van der Waals surface area (Å²) in [5, 5.41) is 0. The fourth-order valence-electron chi connectivity index (χ4n) is 0.703. The molecule has 0 saturated carbocycles. The van der Waals surface area contributed by atoms with E-state index in [2.05, 4.69) is 13.5 Å². The van der Waals surface area contributed by atoms with Crippen molar-refractivity contribution in [3.05, 3.63) is 12.2 Å². The molecular weight excluding hydrogens is 128 g/mol. The zero-order valence-corrected chi connectivity index (χ0v) is 8.44. The summed E-state index contributed by atoms with van der Waals surface area (Å²) >= 11 is 0. The summed E-state index contributed by atoms with van der Waals surface area (Å²) in [5.41, 5.74) is 1.24. The molecule has 0 aliphatic rings. The molecule has 0 aromatic rings. The Kier molecular flexibility index (Phi) is 5.99. The molecule has 0 heterocycles. The van der Waals surface area contributed by atoms with Gasteiger partial charge in [0.25, 0.3) is 0 Å². The van der Waals surface area contributed by atoms with E-state index in [0.717, 1.165) is 23.5 Å². The lowest BCUT2D eigenvalue weighted by Gasteiger charge is -2.01. The van der Waals surface area contributed by atoms with Crippen molar-refractivity contribution < 1.29 is 4.43 Å². The van der Waals surface area contributed by atoms with Gasteiger partial charge in [0, 0.05) is 0 Å². The molecule has 0 atom stereocenters. The SMILES string of the molecule is C=C(CCCC)CO[SiH3]. The monoisotopic (exact) mass is 144 g/mol. The molecule has 0 saturated heterocycles. The average molecular weight is 144 g/mol. The lowest BCUT2D eigenvalue weighted by atomic mass is 10.1. The van der Waals surface area contributed by atoms with E-state index in [1.807, 2.05) is 0 Å². The Labute approximate surface area is 60.6 Å². The normalized spacial score (nSPS) is 9.89. The Morgan fingerprint density at radius 2 is 2.33 bits per heavy atom. The van der Waals surface area contributed by atoms with Crippen LogP contribution >= 0.6 is 0 Å². The summed E-state index contributed by atoms with van der Waals surface area (Å²) in [5.74, 6) is 0. The van der Waals surface area contributed by atoms with Gasteiger partial charge in [0.15, 0.2) is 0 Å². The number of hydrogen-bond donors (Lipinski definition) is 0. The second-order valence-electron chi connectivity index (χ2n) is 2.29. The first-order valence-electron chi connectivity index (χ1n) is 3.46. The summed E-state index contributed by atoms with van der Waals surface area (Å²) in [6.45, 7) is 6.85. The molecule has 54 valence electrons. The Balaban J connectivity index is 3.06. The largest absolute Gasteiger partial charge is 0.424 e. The highest BCUT2D eigenvalue weighted by Crippen LogP contribution is 2.03. The number of unbranched alkanes of at least 4 members (excludes halogenated alkanes) is 1. The number of hydrogen-bond acceptors (Lipinski definition) is 1. The fourth-order valence-corrected chi connectivity index (χ4v) is 1.11. The minimum absolute atomic E-state index is 0.784. The van der Waals surface area contributed by atoms with Crippen LogP contribution in [0.3, 0.4) is 0 Å². The third-order valence-corrected chi connectivity index (χ3v) is 1.52. The zero-order valence-electron chi connectivity index (χ0n) is 6.44. The van der Waals surface area contributed by atoms with Gasteiger partial charge in [-0.15, -0.1) is 0 Å². The summed E-state index contributed by atoms with van der Waals surface area (Å²) in [6, 6.07) is 0. The van der Waals surface area contributed by atoms with E-state index in [1.54, 1.807) is 0 Å². The standard InChI is InChI=1S/C7H16OSi/c1-3-4-5-7(2)6-8-9/h2-6H2,1,9H3. The second-order valence-corrected chi connectivity index (χ2v) is 2.86. The van der Waals surface area contributed by atoms with E-state index in [0.29, 0.717) is 0 Å². The first-order chi connectivity index (χ1) is 4.31. The first-order valence-corrected chi connectivity index (χ1v) is 4.28. The van der Waals surface area contributed by atoms with Crippen LogP contribution in [0.15, 0.2) is 12.2 Å². The van der Waals surface area contributed by atoms with Crippen LogP contribution in [-0.2, 0) is 4.43 Å². The van der Waals surface area contributed by atoms with E-state index in [9.17, 15) is 0 Å². The Morgan fingerprint density at radius 1 is 1.67 bits per heavy atom. The molecule has 0 amide bonds. The van der Waals surface area contributed by atoms with E-state index in [1.165, 1.54) is 18.4 Å². The zero-order chi connectivity index (χ0) is 7.11. The van der Waals surface area contributed by atoms with Gasteiger partial charge in [-0.3, -0.25) is 0 Å². The first kappa shape index (κ1) is 8.92. The van der Waals surface area contributed by atoms with Crippen LogP contribution in [0.2, 0.25) is 0 Å². The van der Waals surface area contributed by atoms with Crippen molar-refractivity contribution in [1.82, 2.24) is 0 Å². The minimum atomic E-state index is 0.784. The minimum Gasteiger partial charge on any atom is -0.424 e. The van der Waals surface area contributed by atoms with Crippen LogP contribution in [-0.4, -0.2) is 17.1 Å². The Morgan fingerprint density at radius 3 is 2.78 bits per heavy atom. The predicted molar refractivity (Wildman–Crippen MR) is 44.6 cm³/mol. The van der Waals surface area contributed by atoms with Crippen LogP contribution in [0.4, 0.5) is 0 Å². The van der Waals surface area contributed by atoms with Crippen LogP contribution in [0.25, 0.3) is 0 Å². The van der Waals surface area contributed by atoms with Gasteiger partial charge in [0.1, 0.15) is 10.5 Å². The highest BCUT2D eigenvalue weighted by molar-refractivity contribution is 5.98. The molecule has 0 aliphatic carbocycles. The summed E-state index contributed by atoms with van der Waals surface area (Å²) in [4.78, 5) is 0. The van der Waals surface area contributed by atoms with Gasteiger partial charge in [-0.25, -0.2) is 0 Å². The van der Waals surface area contributed by atoms with Gasteiger partial charge in [-0.05, 0) is 12.8 Å². The van der Waals surface area contributed by atoms with Crippen LogP contribution in [0.1, 0.15) is 26.2 Å². The Hall–Kier alpha value is -0.0831. The average Bonchev–Trinajstić information content (AvgIpc) is 1.85. The quantitative estimate of drug-likeness (QED) is 0.414. The third kappa shape index (κ3) is 5.79. The molecule has 2 heteroatoms. The van der Waals surface area contributed by atoms with Crippen molar-refractivity contribution in [2.24, 2.45) is 0 Å². The molecule has 0 fully saturated rings. The fraction of sp³-hybridized carbons (Fsp3) is 0.714. The molecule has 0 bridgehead atoms. The molecule has 1 nitrogen and oxygen atoms in total. The van der Waals surface area contributed by atoms with Crippen LogP contribution < -0.4 is 0 Å². The van der Waals surface area contributed by atoms with E-state index in [4.69, 9.17) is 4.43 Å². The lowest BCUT2D eigenvalue weighted by Crippen LogP contribution is -1.93. The topological polar surface area (TPSA) is 9.23 Å². The van der Waals surface area contributed by atoms with Gasteiger partial charge >= 0.3 is 0 Å². The lowest BCUT2D eigenvalue weighted by molar-refractivity contribution is 0.382. The van der Waals surface area contributed by atoms with Crippen LogP contribution in [0, 0.1) is 0 Å². The molecule has 9 heavy (non-hydrogen) atoms. The summed E-state index contributed by atoms with van der Waals surface area (Å²) in [6.07, 6.45) is 3.64.